The highest BCUT2D eigenvalue weighted by molar-refractivity contribution is 5.96. The molecule has 0 saturated carbocycles. The summed E-state index contributed by atoms with van der Waals surface area (Å²) in [5, 5.41) is 2.75. The van der Waals surface area contributed by atoms with Crippen molar-refractivity contribution in [2.24, 2.45) is 0 Å². The van der Waals surface area contributed by atoms with Crippen molar-refractivity contribution in [2.75, 3.05) is 32.8 Å². The first kappa shape index (κ1) is 14.5. The molecule has 1 aromatic rings. The van der Waals surface area contributed by atoms with Crippen LogP contribution in [0.1, 0.15) is 34.3 Å². The Morgan fingerprint density at radius 2 is 2.00 bits per heavy atom. The molecule has 20 heavy (non-hydrogen) atoms. The van der Waals surface area contributed by atoms with Gasteiger partial charge in [-0.1, -0.05) is 13.0 Å². The lowest BCUT2D eigenvalue weighted by Gasteiger charge is -2.26. The molecule has 108 valence electrons. The number of nitrogens with zero attached hydrogens (tertiary/aromatic N) is 2. The third-order valence-corrected chi connectivity index (χ3v) is 3.03. The molecule has 0 aromatic carbocycles. The Labute approximate surface area is 118 Å². The highest BCUT2D eigenvalue weighted by Gasteiger charge is 2.20. The van der Waals surface area contributed by atoms with E-state index in [1.807, 2.05) is 6.92 Å². The molecule has 0 atom stereocenters. The van der Waals surface area contributed by atoms with Crippen molar-refractivity contribution in [2.45, 2.75) is 13.3 Å². The molecule has 0 spiro atoms. The van der Waals surface area contributed by atoms with E-state index in [9.17, 15) is 9.59 Å². The van der Waals surface area contributed by atoms with Crippen LogP contribution in [0.3, 0.4) is 0 Å². The monoisotopic (exact) mass is 277 g/mol. The quantitative estimate of drug-likeness (QED) is 0.879. The van der Waals surface area contributed by atoms with Gasteiger partial charge in [0.1, 0.15) is 11.4 Å². The molecule has 1 aliphatic rings. The number of aromatic nitrogens is 1. The molecule has 1 aromatic heterocycles. The van der Waals surface area contributed by atoms with Crippen LogP contribution in [-0.2, 0) is 4.74 Å². The van der Waals surface area contributed by atoms with Crippen LogP contribution in [0.4, 0.5) is 0 Å². The molecule has 1 aliphatic heterocycles. The lowest BCUT2D eigenvalue weighted by atomic mass is 10.2. The average molecular weight is 277 g/mol. The van der Waals surface area contributed by atoms with Gasteiger partial charge in [0.15, 0.2) is 0 Å². The van der Waals surface area contributed by atoms with Gasteiger partial charge in [-0.05, 0) is 18.6 Å². The van der Waals surface area contributed by atoms with Gasteiger partial charge >= 0.3 is 0 Å². The number of hydrogen-bond acceptors (Lipinski definition) is 4. The van der Waals surface area contributed by atoms with E-state index in [1.165, 1.54) is 0 Å². The number of carbonyl (C=O) groups excluding carboxylic acids is 2. The molecule has 0 unspecified atom stereocenters. The van der Waals surface area contributed by atoms with E-state index in [-0.39, 0.29) is 17.5 Å². The molecule has 1 fully saturated rings. The molecule has 2 rings (SSSR count). The number of amides is 2. The maximum atomic E-state index is 12.3. The van der Waals surface area contributed by atoms with Crippen molar-refractivity contribution in [1.29, 1.82) is 0 Å². The minimum Gasteiger partial charge on any atom is -0.378 e. The van der Waals surface area contributed by atoms with Crippen LogP contribution in [0, 0.1) is 0 Å². The Morgan fingerprint density at radius 1 is 1.30 bits per heavy atom. The zero-order chi connectivity index (χ0) is 14.4. The molecular formula is C14H19N3O3. The number of rotatable bonds is 4. The lowest BCUT2D eigenvalue weighted by Crippen LogP contribution is -2.41. The summed E-state index contributed by atoms with van der Waals surface area (Å²) < 4.78 is 5.21. The van der Waals surface area contributed by atoms with Crippen molar-refractivity contribution in [1.82, 2.24) is 15.2 Å². The molecule has 2 amide bonds. The van der Waals surface area contributed by atoms with Gasteiger partial charge in [-0.3, -0.25) is 9.59 Å². The second-order valence-electron chi connectivity index (χ2n) is 4.57. The molecule has 2 heterocycles. The number of hydrogen-bond donors (Lipinski definition) is 1. The average Bonchev–Trinajstić information content (AvgIpc) is 2.52. The van der Waals surface area contributed by atoms with Gasteiger partial charge in [-0.15, -0.1) is 0 Å². The summed E-state index contributed by atoms with van der Waals surface area (Å²) in [5.41, 5.74) is 0.577. The molecule has 0 radical (unpaired) electrons. The van der Waals surface area contributed by atoms with Crippen LogP contribution in [0.2, 0.25) is 0 Å². The first-order valence-electron chi connectivity index (χ1n) is 6.84. The molecule has 6 heteroatoms. The number of ether oxygens (including phenoxy) is 1. The van der Waals surface area contributed by atoms with Crippen LogP contribution in [-0.4, -0.2) is 54.5 Å². The Kier molecular flexibility index (Phi) is 5.06. The fourth-order valence-electron chi connectivity index (χ4n) is 1.94. The normalized spacial score (nSPS) is 14.9. The summed E-state index contributed by atoms with van der Waals surface area (Å²) >= 11 is 0. The zero-order valence-corrected chi connectivity index (χ0v) is 11.6. The predicted octanol–water partition coefficient (Wildman–Crippen LogP) is 0.694. The van der Waals surface area contributed by atoms with Crippen LogP contribution < -0.4 is 5.32 Å². The van der Waals surface area contributed by atoms with E-state index < -0.39 is 0 Å². The Hall–Kier alpha value is -1.95. The van der Waals surface area contributed by atoms with Gasteiger partial charge in [0.25, 0.3) is 11.8 Å². The van der Waals surface area contributed by atoms with Gasteiger partial charge in [-0.25, -0.2) is 4.98 Å². The number of pyridine rings is 1. The highest BCUT2D eigenvalue weighted by Crippen LogP contribution is 2.06. The van der Waals surface area contributed by atoms with Crippen LogP contribution in [0.25, 0.3) is 0 Å². The Balaban J connectivity index is 2.08. The van der Waals surface area contributed by atoms with Crippen LogP contribution >= 0.6 is 0 Å². The zero-order valence-electron chi connectivity index (χ0n) is 11.6. The van der Waals surface area contributed by atoms with Gasteiger partial charge in [0.05, 0.1) is 13.2 Å². The third kappa shape index (κ3) is 3.54. The van der Waals surface area contributed by atoms with Crippen molar-refractivity contribution in [3.63, 3.8) is 0 Å². The van der Waals surface area contributed by atoms with E-state index >= 15 is 0 Å². The van der Waals surface area contributed by atoms with E-state index in [4.69, 9.17) is 4.74 Å². The molecule has 0 bridgehead atoms. The summed E-state index contributed by atoms with van der Waals surface area (Å²) in [4.78, 5) is 30.0. The lowest BCUT2D eigenvalue weighted by molar-refractivity contribution is 0.0299. The fraction of sp³-hybridized carbons (Fsp3) is 0.500. The van der Waals surface area contributed by atoms with E-state index in [0.29, 0.717) is 38.5 Å². The summed E-state index contributed by atoms with van der Waals surface area (Å²) in [6.07, 6.45) is 0.859. The largest absolute Gasteiger partial charge is 0.378 e. The standard InChI is InChI=1S/C14H19N3O3/c1-2-6-15-13(18)11-4-3-5-12(16-11)14(19)17-7-9-20-10-8-17/h3-5H,2,6-10H2,1H3,(H,15,18). The smallest absolute Gasteiger partial charge is 0.272 e. The minimum absolute atomic E-state index is 0.154. The van der Waals surface area contributed by atoms with E-state index in [2.05, 4.69) is 10.3 Å². The predicted molar refractivity (Wildman–Crippen MR) is 73.6 cm³/mol. The second-order valence-corrected chi connectivity index (χ2v) is 4.57. The number of carbonyl (C=O) groups is 2. The van der Waals surface area contributed by atoms with E-state index in [1.54, 1.807) is 23.1 Å². The number of morpholine rings is 1. The molecule has 1 saturated heterocycles. The van der Waals surface area contributed by atoms with Crippen molar-refractivity contribution < 1.29 is 14.3 Å². The van der Waals surface area contributed by atoms with Gasteiger partial charge in [-0.2, -0.15) is 0 Å². The SMILES string of the molecule is CCCNC(=O)c1cccc(C(=O)N2CCOCC2)n1. The molecule has 6 nitrogen and oxygen atoms in total. The Morgan fingerprint density at radius 3 is 2.70 bits per heavy atom. The highest BCUT2D eigenvalue weighted by atomic mass is 16.5. The second kappa shape index (κ2) is 7.00. The van der Waals surface area contributed by atoms with Crippen molar-refractivity contribution in [3.05, 3.63) is 29.6 Å². The summed E-state index contributed by atoms with van der Waals surface area (Å²) in [5.74, 6) is -0.401. The summed E-state index contributed by atoms with van der Waals surface area (Å²) in [7, 11) is 0. The summed E-state index contributed by atoms with van der Waals surface area (Å²) in [6.45, 7) is 4.79. The maximum absolute atomic E-state index is 12.3. The first-order chi connectivity index (χ1) is 9.72. The molecular weight excluding hydrogens is 258 g/mol. The van der Waals surface area contributed by atoms with Crippen LogP contribution in [0.15, 0.2) is 18.2 Å². The first-order valence-corrected chi connectivity index (χ1v) is 6.84. The van der Waals surface area contributed by atoms with E-state index in [0.717, 1.165) is 6.42 Å². The van der Waals surface area contributed by atoms with Crippen LogP contribution in [0.5, 0.6) is 0 Å². The molecule has 0 aliphatic carbocycles. The third-order valence-electron chi connectivity index (χ3n) is 3.03. The fourth-order valence-corrected chi connectivity index (χ4v) is 1.94. The Bertz CT molecular complexity index is 484. The van der Waals surface area contributed by atoms with Gasteiger partial charge < -0.3 is 15.0 Å². The number of nitrogens with one attached hydrogen (secondary N) is 1. The van der Waals surface area contributed by atoms with Crippen molar-refractivity contribution >= 4 is 11.8 Å². The topological polar surface area (TPSA) is 71.5 Å². The minimum atomic E-state index is -0.247. The summed E-state index contributed by atoms with van der Waals surface area (Å²) in [6, 6.07) is 4.93. The maximum Gasteiger partial charge on any atom is 0.272 e. The van der Waals surface area contributed by atoms with Gasteiger partial charge in [0.2, 0.25) is 0 Å². The van der Waals surface area contributed by atoms with Crippen molar-refractivity contribution in [3.8, 4) is 0 Å². The molecule has 1 N–H and O–H groups in total. The van der Waals surface area contributed by atoms with Gasteiger partial charge in [0, 0.05) is 19.6 Å².